The molecule has 0 bridgehead atoms. The van der Waals surface area contributed by atoms with Crippen LogP contribution in [0.1, 0.15) is 42.4 Å². The normalized spacial score (nSPS) is 19.6. The van der Waals surface area contributed by atoms with Crippen molar-refractivity contribution in [1.82, 2.24) is 14.7 Å². The van der Waals surface area contributed by atoms with E-state index in [9.17, 15) is 31.9 Å². The molecule has 2 atom stereocenters. The molecule has 2 aliphatic heterocycles. The van der Waals surface area contributed by atoms with Gasteiger partial charge in [0, 0.05) is 25.9 Å². The summed E-state index contributed by atoms with van der Waals surface area (Å²) < 4.78 is 58.8. The maximum atomic E-state index is 13.5. The third-order valence-electron chi connectivity index (χ3n) is 7.22. The first kappa shape index (κ1) is 29.3. The lowest BCUT2D eigenvalue weighted by Crippen LogP contribution is -2.71. The van der Waals surface area contributed by atoms with Crippen molar-refractivity contribution in [3.05, 3.63) is 71.0 Å². The van der Waals surface area contributed by atoms with Crippen LogP contribution >= 0.6 is 0 Å². The number of fused-ring (bicyclic) bond motifs is 1. The number of nitrogens with two attached hydrogens (primary N) is 1. The van der Waals surface area contributed by atoms with Gasteiger partial charge in [-0.3, -0.25) is 14.5 Å². The van der Waals surface area contributed by atoms with Gasteiger partial charge < -0.3 is 20.3 Å². The van der Waals surface area contributed by atoms with Crippen molar-refractivity contribution in [2.45, 2.75) is 57.0 Å². The Hall–Kier alpha value is -3.67. The Morgan fingerprint density at radius 3 is 2.48 bits per heavy atom. The third-order valence-corrected chi connectivity index (χ3v) is 7.22. The van der Waals surface area contributed by atoms with Crippen molar-refractivity contribution in [2.24, 2.45) is 5.73 Å². The van der Waals surface area contributed by atoms with Gasteiger partial charge in [0.15, 0.2) is 0 Å². The second-order valence-corrected chi connectivity index (χ2v) is 9.89. The molecule has 2 aromatic rings. The summed E-state index contributed by atoms with van der Waals surface area (Å²) in [5.41, 5.74) is 5.53. The molecule has 0 aromatic heterocycles. The van der Waals surface area contributed by atoms with Gasteiger partial charge in [-0.15, -0.1) is 0 Å². The average molecular weight is 565 g/mol. The molecule has 2 fully saturated rings. The summed E-state index contributed by atoms with van der Waals surface area (Å²) in [6.07, 6.45) is -4.66. The van der Waals surface area contributed by atoms with E-state index in [0.29, 0.717) is 31.4 Å². The monoisotopic (exact) mass is 564 g/mol. The van der Waals surface area contributed by atoms with E-state index in [4.69, 9.17) is 10.5 Å². The molecular weight excluding hydrogens is 532 g/mol. The highest BCUT2D eigenvalue weighted by Gasteiger charge is 2.48. The molecule has 3 amide bonds. The number of rotatable bonds is 9. The van der Waals surface area contributed by atoms with E-state index in [2.05, 4.69) is 0 Å². The maximum absolute atomic E-state index is 13.5. The summed E-state index contributed by atoms with van der Waals surface area (Å²) in [4.78, 5) is 44.0. The highest BCUT2D eigenvalue weighted by Crippen LogP contribution is 2.32. The lowest BCUT2D eigenvalue weighted by atomic mass is 9.98. The van der Waals surface area contributed by atoms with Crippen LogP contribution in [-0.2, 0) is 33.5 Å². The molecule has 40 heavy (non-hydrogen) atoms. The summed E-state index contributed by atoms with van der Waals surface area (Å²) in [6.45, 7) is 0.351. The zero-order valence-electron chi connectivity index (χ0n) is 21.9. The number of carbonyl (C=O) groups excluding carboxylic acids is 3. The molecule has 0 saturated carbocycles. The minimum atomic E-state index is -4.53. The predicted molar refractivity (Wildman–Crippen MR) is 137 cm³/mol. The van der Waals surface area contributed by atoms with Crippen LogP contribution in [0.5, 0.6) is 0 Å². The van der Waals surface area contributed by atoms with Gasteiger partial charge in [-0.25, -0.2) is 9.18 Å². The number of hydrogen-bond donors (Lipinski definition) is 1. The number of hydrogen-bond acceptors (Lipinski definition) is 5. The molecular formula is C28H32F4N4O4. The van der Waals surface area contributed by atoms with Crippen molar-refractivity contribution in [3.63, 3.8) is 0 Å². The summed E-state index contributed by atoms with van der Waals surface area (Å²) in [6, 6.07) is 10.00. The highest BCUT2D eigenvalue weighted by molar-refractivity contribution is 5.90. The van der Waals surface area contributed by atoms with E-state index >= 15 is 0 Å². The maximum Gasteiger partial charge on any atom is 0.416 e. The molecule has 2 heterocycles. The number of piperazine rings is 1. The fraction of sp³-hybridized carbons (Fsp3) is 0.464. The lowest BCUT2D eigenvalue weighted by Gasteiger charge is -2.52. The first-order chi connectivity index (χ1) is 19.1. The number of ether oxygens (including phenoxy) is 1. The minimum Gasteiger partial charge on any atom is -0.449 e. The van der Waals surface area contributed by atoms with Crippen molar-refractivity contribution >= 4 is 17.9 Å². The van der Waals surface area contributed by atoms with Crippen LogP contribution in [0.3, 0.4) is 0 Å². The van der Waals surface area contributed by atoms with E-state index in [1.807, 2.05) is 0 Å². The van der Waals surface area contributed by atoms with Gasteiger partial charge in [-0.2, -0.15) is 13.2 Å². The molecule has 0 unspecified atom stereocenters. The molecule has 2 saturated heterocycles. The van der Waals surface area contributed by atoms with E-state index in [-0.39, 0.29) is 56.5 Å². The van der Waals surface area contributed by atoms with Crippen LogP contribution in [0.15, 0.2) is 48.5 Å². The van der Waals surface area contributed by atoms with Crippen LogP contribution < -0.4 is 5.73 Å². The molecule has 216 valence electrons. The van der Waals surface area contributed by atoms with Crippen LogP contribution in [-0.4, -0.2) is 71.1 Å². The van der Waals surface area contributed by atoms with Crippen LogP contribution in [0.4, 0.5) is 22.4 Å². The Balaban J connectivity index is 1.51. The quantitative estimate of drug-likeness (QED) is 0.368. The summed E-state index contributed by atoms with van der Waals surface area (Å²) >= 11 is 0. The first-order valence-electron chi connectivity index (χ1n) is 13.2. The number of unbranched alkanes of at least 4 members (excludes halogenated alkanes) is 1. The molecule has 4 rings (SSSR count). The molecule has 0 aliphatic carbocycles. The fourth-order valence-electron chi connectivity index (χ4n) is 5.25. The molecule has 12 heteroatoms. The van der Waals surface area contributed by atoms with Crippen LogP contribution in [0, 0.1) is 5.82 Å². The molecule has 8 nitrogen and oxygen atoms in total. The minimum absolute atomic E-state index is 0.00644. The summed E-state index contributed by atoms with van der Waals surface area (Å²) in [7, 11) is 0. The number of alkyl halides is 3. The largest absolute Gasteiger partial charge is 0.449 e. The van der Waals surface area contributed by atoms with Crippen molar-refractivity contribution in [1.29, 1.82) is 0 Å². The Labute approximate surface area is 229 Å². The second kappa shape index (κ2) is 12.7. The van der Waals surface area contributed by atoms with E-state index in [1.54, 1.807) is 17.0 Å². The topological polar surface area (TPSA) is 96.2 Å². The van der Waals surface area contributed by atoms with Gasteiger partial charge in [-0.05, 0) is 55.1 Å². The Kier molecular flexibility index (Phi) is 9.28. The molecule has 0 radical (unpaired) electrons. The number of amides is 3. The van der Waals surface area contributed by atoms with Gasteiger partial charge in [0.1, 0.15) is 18.0 Å². The van der Waals surface area contributed by atoms with Gasteiger partial charge in [0.2, 0.25) is 11.8 Å². The smallest absolute Gasteiger partial charge is 0.416 e. The first-order valence-corrected chi connectivity index (χ1v) is 13.2. The lowest BCUT2D eigenvalue weighted by molar-refractivity contribution is -0.169. The van der Waals surface area contributed by atoms with Crippen molar-refractivity contribution < 1.29 is 36.7 Å². The number of nitrogens with zero attached hydrogens (tertiary/aromatic N) is 3. The standard InChI is InChI=1S/C28H32F4N4O4/c29-21-10-8-19(9-11-21)17-34-18-24-35(15-12-25(37)36(24)23(26(34)38)7-3-4-14-33)27(39)40-16-13-20-5-1-2-6-22(20)28(30,31)32/h1-2,5-6,8-11,23-24H,3-4,7,12-18,33H2/t23-,24+/m0/s1. The fourth-order valence-corrected chi connectivity index (χ4v) is 5.25. The van der Waals surface area contributed by atoms with Crippen molar-refractivity contribution in [3.8, 4) is 0 Å². The Bertz CT molecular complexity index is 1210. The van der Waals surface area contributed by atoms with Gasteiger partial charge in [0.25, 0.3) is 0 Å². The van der Waals surface area contributed by atoms with Crippen LogP contribution in [0.2, 0.25) is 0 Å². The average Bonchev–Trinajstić information content (AvgIpc) is 2.91. The Morgan fingerprint density at radius 1 is 1.05 bits per heavy atom. The zero-order valence-corrected chi connectivity index (χ0v) is 21.9. The predicted octanol–water partition coefficient (Wildman–Crippen LogP) is 3.92. The van der Waals surface area contributed by atoms with Gasteiger partial charge in [-0.1, -0.05) is 30.3 Å². The van der Waals surface area contributed by atoms with Gasteiger partial charge >= 0.3 is 12.3 Å². The van der Waals surface area contributed by atoms with E-state index in [0.717, 1.165) is 6.07 Å². The molecule has 2 aliphatic rings. The zero-order chi connectivity index (χ0) is 28.9. The SMILES string of the molecule is NCCCC[C@H]1C(=O)N(Cc2ccc(F)cc2)C[C@@H]2N(C(=O)OCCc3ccccc3C(F)(F)F)CCC(=O)N21. The molecule has 2 N–H and O–H groups in total. The molecule has 0 spiro atoms. The van der Waals surface area contributed by atoms with E-state index < -0.39 is 35.9 Å². The third kappa shape index (κ3) is 6.72. The van der Waals surface area contributed by atoms with Gasteiger partial charge in [0.05, 0.1) is 18.7 Å². The molecule has 2 aromatic carbocycles. The summed E-state index contributed by atoms with van der Waals surface area (Å²) in [5.74, 6) is -0.949. The van der Waals surface area contributed by atoms with E-state index in [1.165, 1.54) is 40.1 Å². The van der Waals surface area contributed by atoms with Crippen molar-refractivity contribution in [2.75, 3.05) is 26.2 Å². The highest BCUT2D eigenvalue weighted by atomic mass is 19.4. The van der Waals surface area contributed by atoms with Crippen LogP contribution in [0.25, 0.3) is 0 Å². The Morgan fingerprint density at radius 2 is 1.77 bits per heavy atom. The second-order valence-electron chi connectivity index (χ2n) is 9.89. The number of benzene rings is 2. The number of halogens is 4. The summed E-state index contributed by atoms with van der Waals surface area (Å²) in [5, 5.41) is 0. The number of carbonyl (C=O) groups is 3.